The van der Waals surface area contributed by atoms with E-state index < -0.39 is 0 Å². The lowest BCUT2D eigenvalue weighted by molar-refractivity contribution is -0.122. The summed E-state index contributed by atoms with van der Waals surface area (Å²) in [5.41, 5.74) is 5.21. The molecule has 3 heteroatoms. The summed E-state index contributed by atoms with van der Waals surface area (Å²) in [6, 6.07) is 10.3. The molecule has 1 aromatic carbocycles. The van der Waals surface area contributed by atoms with Gasteiger partial charge in [0.05, 0.1) is 0 Å². The summed E-state index contributed by atoms with van der Waals surface area (Å²) in [5.74, 6) is 1.30. The molecule has 20 heavy (non-hydrogen) atoms. The van der Waals surface area contributed by atoms with Crippen molar-refractivity contribution in [3.63, 3.8) is 0 Å². The molecule has 3 rings (SSSR count). The minimum absolute atomic E-state index is 0.0876. The van der Waals surface area contributed by atoms with Gasteiger partial charge in [0.25, 0.3) is 0 Å². The van der Waals surface area contributed by atoms with Crippen molar-refractivity contribution < 1.29 is 4.79 Å². The van der Waals surface area contributed by atoms with Gasteiger partial charge in [-0.2, -0.15) is 5.10 Å². The smallest absolute Gasteiger partial charge is 0.243 e. The van der Waals surface area contributed by atoms with E-state index in [1.807, 2.05) is 18.2 Å². The Kier molecular flexibility index (Phi) is 3.86. The molecule has 0 aromatic heterocycles. The topological polar surface area (TPSA) is 41.5 Å². The first-order valence-electron chi connectivity index (χ1n) is 7.64. The molecule has 2 saturated carbocycles. The molecule has 0 bridgehead atoms. The number of hydrogen-bond donors (Lipinski definition) is 1. The minimum Gasteiger partial charge on any atom is -0.273 e. The van der Waals surface area contributed by atoms with E-state index in [4.69, 9.17) is 0 Å². The van der Waals surface area contributed by atoms with Crippen LogP contribution in [0.4, 0.5) is 0 Å². The first-order valence-corrected chi connectivity index (χ1v) is 7.64. The second-order valence-electron chi connectivity index (χ2n) is 6.21. The predicted octanol–water partition coefficient (Wildman–Crippen LogP) is 3.47. The zero-order valence-corrected chi connectivity index (χ0v) is 12.0. The van der Waals surface area contributed by atoms with Crippen LogP contribution in [0.1, 0.15) is 50.5 Å². The number of carbonyl (C=O) groups is 1. The third-order valence-electron chi connectivity index (χ3n) is 4.43. The van der Waals surface area contributed by atoms with Gasteiger partial charge in [-0.15, -0.1) is 0 Å². The Balaban J connectivity index is 1.53. The quantitative estimate of drug-likeness (QED) is 0.839. The molecule has 3 atom stereocenters. The Morgan fingerprint density at radius 2 is 2.10 bits per heavy atom. The first-order chi connectivity index (χ1) is 9.74. The molecule has 2 aliphatic rings. The lowest BCUT2D eigenvalue weighted by Gasteiger charge is -2.18. The van der Waals surface area contributed by atoms with Crippen molar-refractivity contribution in [2.75, 3.05) is 0 Å². The van der Waals surface area contributed by atoms with Crippen LogP contribution in [0.25, 0.3) is 0 Å². The number of nitrogens with zero attached hydrogens (tertiary/aromatic N) is 1. The summed E-state index contributed by atoms with van der Waals surface area (Å²) < 4.78 is 0. The molecule has 0 aliphatic heterocycles. The summed E-state index contributed by atoms with van der Waals surface area (Å²) >= 11 is 0. The van der Waals surface area contributed by atoms with E-state index in [-0.39, 0.29) is 11.8 Å². The van der Waals surface area contributed by atoms with Crippen LogP contribution in [-0.2, 0) is 4.79 Å². The SMILES string of the molecule is C[C@@H]1CCC/C(=N\NC(=O)[C@@H]2C[C@@H]2c2ccccc2)C1. The molecule has 0 unspecified atom stereocenters. The molecule has 0 spiro atoms. The van der Waals surface area contributed by atoms with Gasteiger partial charge in [-0.05, 0) is 49.5 Å². The van der Waals surface area contributed by atoms with Crippen LogP contribution in [0.5, 0.6) is 0 Å². The van der Waals surface area contributed by atoms with E-state index >= 15 is 0 Å². The maximum Gasteiger partial charge on any atom is 0.243 e. The fraction of sp³-hybridized carbons (Fsp3) is 0.529. The second kappa shape index (κ2) is 5.78. The number of rotatable bonds is 3. The molecule has 1 amide bonds. The van der Waals surface area contributed by atoms with Gasteiger partial charge in [0.15, 0.2) is 0 Å². The van der Waals surface area contributed by atoms with E-state index in [1.165, 1.54) is 18.4 Å². The normalized spacial score (nSPS) is 31.1. The second-order valence-corrected chi connectivity index (χ2v) is 6.21. The highest BCUT2D eigenvalue weighted by Gasteiger charge is 2.43. The van der Waals surface area contributed by atoms with Gasteiger partial charge in [-0.3, -0.25) is 4.79 Å². The van der Waals surface area contributed by atoms with Gasteiger partial charge in [-0.1, -0.05) is 37.3 Å². The Morgan fingerprint density at radius 1 is 1.30 bits per heavy atom. The molecule has 2 aliphatic carbocycles. The van der Waals surface area contributed by atoms with Crippen LogP contribution in [0.3, 0.4) is 0 Å². The summed E-state index contributed by atoms with van der Waals surface area (Å²) in [6.45, 7) is 2.25. The molecule has 1 N–H and O–H groups in total. The molecule has 0 heterocycles. The largest absolute Gasteiger partial charge is 0.273 e. The van der Waals surface area contributed by atoms with E-state index in [0.717, 1.165) is 25.0 Å². The minimum atomic E-state index is 0.0876. The average molecular weight is 270 g/mol. The Morgan fingerprint density at radius 3 is 2.85 bits per heavy atom. The molecule has 3 nitrogen and oxygen atoms in total. The highest BCUT2D eigenvalue weighted by molar-refractivity contribution is 5.88. The van der Waals surface area contributed by atoms with Crippen LogP contribution in [0.15, 0.2) is 35.4 Å². The van der Waals surface area contributed by atoms with Gasteiger partial charge in [0.2, 0.25) is 5.91 Å². The van der Waals surface area contributed by atoms with Crippen molar-refractivity contribution in [3.8, 4) is 0 Å². The van der Waals surface area contributed by atoms with Crippen molar-refractivity contribution in [3.05, 3.63) is 35.9 Å². The molecule has 0 saturated heterocycles. The van der Waals surface area contributed by atoms with Gasteiger partial charge in [0, 0.05) is 11.6 Å². The van der Waals surface area contributed by atoms with Gasteiger partial charge in [0.1, 0.15) is 0 Å². The van der Waals surface area contributed by atoms with Crippen LogP contribution in [-0.4, -0.2) is 11.6 Å². The summed E-state index contributed by atoms with van der Waals surface area (Å²) in [4.78, 5) is 12.1. The monoisotopic (exact) mass is 270 g/mol. The Labute approximate surface area is 120 Å². The number of amides is 1. The molecule has 0 radical (unpaired) electrons. The van der Waals surface area contributed by atoms with Crippen molar-refractivity contribution in [1.82, 2.24) is 5.43 Å². The van der Waals surface area contributed by atoms with Gasteiger partial charge < -0.3 is 0 Å². The Bertz CT molecular complexity index is 509. The van der Waals surface area contributed by atoms with Crippen molar-refractivity contribution in [2.45, 2.75) is 44.9 Å². The summed E-state index contributed by atoms with van der Waals surface area (Å²) in [5, 5.41) is 4.34. The fourth-order valence-corrected chi connectivity index (χ4v) is 3.13. The third-order valence-corrected chi connectivity index (χ3v) is 4.43. The van der Waals surface area contributed by atoms with Crippen molar-refractivity contribution in [2.24, 2.45) is 16.9 Å². The lowest BCUT2D eigenvalue weighted by atomic mass is 9.89. The fourth-order valence-electron chi connectivity index (χ4n) is 3.13. The van der Waals surface area contributed by atoms with E-state index in [0.29, 0.717) is 11.8 Å². The van der Waals surface area contributed by atoms with E-state index in [9.17, 15) is 4.79 Å². The van der Waals surface area contributed by atoms with Crippen molar-refractivity contribution >= 4 is 11.6 Å². The average Bonchev–Trinajstić information content (AvgIpc) is 3.26. The van der Waals surface area contributed by atoms with Gasteiger partial charge in [-0.25, -0.2) is 5.43 Å². The van der Waals surface area contributed by atoms with Crippen LogP contribution >= 0.6 is 0 Å². The number of hydrazone groups is 1. The molecule has 1 aromatic rings. The highest BCUT2D eigenvalue weighted by atomic mass is 16.2. The zero-order valence-electron chi connectivity index (χ0n) is 12.0. The Hall–Kier alpha value is -1.64. The maximum atomic E-state index is 12.1. The third kappa shape index (κ3) is 3.09. The first kappa shape index (κ1) is 13.3. The predicted molar refractivity (Wildman–Crippen MR) is 80.5 cm³/mol. The molecular formula is C17H22N2O. The number of benzene rings is 1. The molecule has 2 fully saturated rings. The maximum absolute atomic E-state index is 12.1. The standard InChI is InChI=1S/C17H22N2O/c1-12-6-5-9-14(10-12)18-19-17(20)16-11-15(16)13-7-3-2-4-8-13/h2-4,7-8,12,15-16H,5-6,9-11H2,1H3,(H,19,20)/b18-14+/t12-,15-,16-/m1/s1. The van der Waals surface area contributed by atoms with Gasteiger partial charge >= 0.3 is 0 Å². The highest BCUT2D eigenvalue weighted by Crippen LogP contribution is 2.47. The number of hydrogen-bond acceptors (Lipinski definition) is 2. The van der Waals surface area contributed by atoms with Crippen LogP contribution in [0, 0.1) is 11.8 Å². The van der Waals surface area contributed by atoms with E-state index in [2.05, 4.69) is 29.6 Å². The van der Waals surface area contributed by atoms with E-state index in [1.54, 1.807) is 0 Å². The lowest BCUT2D eigenvalue weighted by Crippen LogP contribution is -2.23. The summed E-state index contributed by atoms with van der Waals surface area (Å²) in [7, 11) is 0. The number of carbonyl (C=O) groups excluding carboxylic acids is 1. The van der Waals surface area contributed by atoms with Crippen LogP contribution in [0.2, 0.25) is 0 Å². The number of nitrogens with one attached hydrogen (secondary N) is 1. The molecular weight excluding hydrogens is 248 g/mol. The van der Waals surface area contributed by atoms with Crippen LogP contribution < -0.4 is 5.43 Å². The summed E-state index contributed by atoms with van der Waals surface area (Å²) in [6.07, 6.45) is 5.51. The molecule has 106 valence electrons. The zero-order chi connectivity index (χ0) is 13.9. The van der Waals surface area contributed by atoms with Crippen molar-refractivity contribution in [1.29, 1.82) is 0 Å².